The van der Waals surface area contributed by atoms with Gasteiger partial charge in [-0.15, -0.1) is 0 Å². The van der Waals surface area contributed by atoms with Gasteiger partial charge < -0.3 is 9.80 Å². The predicted molar refractivity (Wildman–Crippen MR) is 89.6 cm³/mol. The van der Waals surface area contributed by atoms with Crippen molar-refractivity contribution in [1.29, 1.82) is 0 Å². The van der Waals surface area contributed by atoms with E-state index in [1.807, 2.05) is 9.80 Å². The molecule has 0 saturated carbocycles. The van der Waals surface area contributed by atoms with E-state index in [1.54, 1.807) is 4.90 Å². The van der Waals surface area contributed by atoms with Crippen molar-refractivity contribution >= 4 is 23.4 Å². The average Bonchev–Trinajstić information content (AvgIpc) is 3.10. The second-order valence-electron chi connectivity index (χ2n) is 6.25. The lowest BCUT2D eigenvalue weighted by Crippen LogP contribution is -2.51. The third-order valence-corrected chi connectivity index (χ3v) is 4.97. The summed E-state index contributed by atoms with van der Waals surface area (Å²) >= 11 is 5.97. The lowest BCUT2D eigenvalue weighted by molar-refractivity contribution is -0.131. The first-order chi connectivity index (χ1) is 11.6. The molecule has 0 aromatic heterocycles. The minimum absolute atomic E-state index is 0.0687. The summed E-state index contributed by atoms with van der Waals surface area (Å²) in [7, 11) is 0. The Balaban J connectivity index is 1.55. The van der Waals surface area contributed by atoms with Crippen molar-refractivity contribution in [2.24, 2.45) is 0 Å². The summed E-state index contributed by atoms with van der Waals surface area (Å²) < 4.78 is 13.9. The Kier molecular flexibility index (Phi) is 5.36. The predicted octanol–water partition coefficient (Wildman–Crippen LogP) is 1.86. The highest BCUT2D eigenvalue weighted by molar-refractivity contribution is 6.33. The zero-order valence-electron chi connectivity index (χ0n) is 13.5. The quantitative estimate of drug-likeness (QED) is 0.833. The van der Waals surface area contributed by atoms with Crippen LogP contribution in [0.15, 0.2) is 18.2 Å². The van der Waals surface area contributed by atoms with Crippen LogP contribution in [-0.2, 0) is 4.79 Å². The average molecular weight is 354 g/mol. The highest BCUT2D eigenvalue weighted by Crippen LogP contribution is 2.21. The molecule has 2 saturated heterocycles. The van der Waals surface area contributed by atoms with Gasteiger partial charge in [0.15, 0.2) is 0 Å². The molecule has 24 heavy (non-hydrogen) atoms. The molecule has 7 heteroatoms. The molecule has 0 N–H and O–H groups in total. The Morgan fingerprint density at radius 2 is 1.67 bits per heavy atom. The second kappa shape index (κ2) is 7.49. The fourth-order valence-corrected chi connectivity index (χ4v) is 3.47. The van der Waals surface area contributed by atoms with Gasteiger partial charge in [0, 0.05) is 39.3 Å². The summed E-state index contributed by atoms with van der Waals surface area (Å²) in [5.41, 5.74) is -0.0687. The normalized spacial score (nSPS) is 18.9. The molecule has 2 aliphatic rings. The molecule has 2 fully saturated rings. The van der Waals surface area contributed by atoms with Gasteiger partial charge in [-0.05, 0) is 25.0 Å². The molecule has 0 spiro atoms. The van der Waals surface area contributed by atoms with Gasteiger partial charge in [-0.3, -0.25) is 14.5 Å². The number of nitrogens with zero attached hydrogens (tertiary/aromatic N) is 3. The summed E-state index contributed by atoms with van der Waals surface area (Å²) in [4.78, 5) is 30.2. The maximum Gasteiger partial charge on any atom is 0.258 e. The molecule has 1 aromatic rings. The molecule has 1 aromatic carbocycles. The Morgan fingerprint density at radius 3 is 2.29 bits per heavy atom. The van der Waals surface area contributed by atoms with Crippen molar-refractivity contribution < 1.29 is 14.0 Å². The van der Waals surface area contributed by atoms with Crippen LogP contribution in [0.5, 0.6) is 0 Å². The molecular formula is C17H21ClFN3O2. The Bertz CT molecular complexity index is 606. The fraction of sp³-hybridized carbons (Fsp3) is 0.529. The third kappa shape index (κ3) is 3.70. The van der Waals surface area contributed by atoms with Crippen LogP contribution in [0, 0.1) is 5.82 Å². The first kappa shape index (κ1) is 17.2. The van der Waals surface area contributed by atoms with Crippen LogP contribution in [0.1, 0.15) is 23.2 Å². The molecule has 2 amide bonds. The number of carbonyl (C=O) groups is 2. The minimum Gasteiger partial charge on any atom is -0.342 e. The molecule has 3 rings (SSSR count). The number of hydrogen-bond acceptors (Lipinski definition) is 3. The van der Waals surface area contributed by atoms with E-state index in [0.29, 0.717) is 32.7 Å². The molecular weight excluding hydrogens is 333 g/mol. The fourth-order valence-electron chi connectivity index (χ4n) is 3.23. The molecule has 5 nitrogen and oxygen atoms in total. The van der Waals surface area contributed by atoms with E-state index in [1.165, 1.54) is 18.2 Å². The van der Waals surface area contributed by atoms with Crippen LogP contribution in [0.3, 0.4) is 0 Å². The van der Waals surface area contributed by atoms with Gasteiger partial charge in [-0.25, -0.2) is 4.39 Å². The van der Waals surface area contributed by atoms with Gasteiger partial charge in [0.25, 0.3) is 5.91 Å². The number of likely N-dealkylation sites (tertiary alicyclic amines) is 1. The molecule has 0 atom stereocenters. The van der Waals surface area contributed by atoms with Crippen molar-refractivity contribution in [3.63, 3.8) is 0 Å². The van der Waals surface area contributed by atoms with Gasteiger partial charge in [0.05, 0.1) is 17.1 Å². The zero-order chi connectivity index (χ0) is 17.1. The van der Waals surface area contributed by atoms with Gasteiger partial charge in [0.1, 0.15) is 5.82 Å². The van der Waals surface area contributed by atoms with Crippen molar-refractivity contribution in [2.45, 2.75) is 12.8 Å². The van der Waals surface area contributed by atoms with E-state index in [2.05, 4.69) is 0 Å². The standard InChI is InChI=1S/C17H21ClFN3O2/c18-13-4-3-5-14(19)16(13)17(24)22-10-8-20(9-11-22)12-15(23)21-6-1-2-7-21/h3-5H,1-2,6-12H2. The summed E-state index contributed by atoms with van der Waals surface area (Å²) in [6.45, 7) is 4.25. The molecule has 130 valence electrons. The maximum absolute atomic E-state index is 13.9. The number of hydrogen-bond donors (Lipinski definition) is 0. The minimum atomic E-state index is -0.598. The SMILES string of the molecule is O=C(CN1CCN(C(=O)c2c(F)cccc2Cl)CC1)N1CCCC1. The summed E-state index contributed by atoms with van der Waals surface area (Å²) in [5, 5.41) is 0.131. The zero-order valence-corrected chi connectivity index (χ0v) is 14.3. The van der Waals surface area contributed by atoms with Crippen LogP contribution in [0.4, 0.5) is 4.39 Å². The van der Waals surface area contributed by atoms with E-state index in [9.17, 15) is 14.0 Å². The monoisotopic (exact) mass is 353 g/mol. The topological polar surface area (TPSA) is 43.9 Å². The van der Waals surface area contributed by atoms with E-state index in [4.69, 9.17) is 11.6 Å². The summed E-state index contributed by atoms with van der Waals surface area (Å²) in [6.07, 6.45) is 2.16. The van der Waals surface area contributed by atoms with E-state index in [-0.39, 0.29) is 22.4 Å². The van der Waals surface area contributed by atoms with E-state index < -0.39 is 5.82 Å². The molecule has 0 aliphatic carbocycles. The van der Waals surface area contributed by atoms with Crippen LogP contribution < -0.4 is 0 Å². The number of benzene rings is 1. The van der Waals surface area contributed by atoms with Crippen molar-refractivity contribution in [2.75, 3.05) is 45.8 Å². The van der Waals surface area contributed by atoms with Crippen LogP contribution in [0.2, 0.25) is 5.02 Å². The second-order valence-corrected chi connectivity index (χ2v) is 6.66. The third-order valence-electron chi connectivity index (χ3n) is 4.65. The van der Waals surface area contributed by atoms with E-state index in [0.717, 1.165) is 25.9 Å². The summed E-state index contributed by atoms with van der Waals surface area (Å²) in [6, 6.07) is 4.24. The van der Waals surface area contributed by atoms with Crippen molar-refractivity contribution in [3.8, 4) is 0 Å². The highest BCUT2D eigenvalue weighted by atomic mass is 35.5. The first-order valence-corrected chi connectivity index (χ1v) is 8.67. The summed E-state index contributed by atoms with van der Waals surface area (Å²) in [5.74, 6) is -0.827. The number of carbonyl (C=O) groups excluding carboxylic acids is 2. The number of amides is 2. The van der Waals surface area contributed by atoms with Gasteiger partial charge in [-0.1, -0.05) is 17.7 Å². The smallest absolute Gasteiger partial charge is 0.258 e. The number of rotatable bonds is 3. The van der Waals surface area contributed by atoms with Crippen molar-refractivity contribution in [3.05, 3.63) is 34.6 Å². The number of piperazine rings is 1. The van der Waals surface area contributed by atoms with Gasteiger partial charge >= 0.3 is 0 Å². The van der Waals surface area contributed by atoms with Crippen molar-refractivity contribution in [1.82, 2.24) is 14.7 Å². The van der Waals surface area contributed by atoms with Crippen LogP contribution >= 0.6 is 11.6 Å². The molecule has 0 radical (unpaired) electrons. The lowest BCUT2D eigenvalue weighted by atomic mass is 10.1. The molecule has 0 bridgehead atoms. The highest BCUT2D eigenvalue weighted by Gasteiger charge is 2.27. The Hall–Kier alpha value is -1.66. The number of halogens is 2. The first-order valence-electron chi connectivity index (χ1n) is 8.29. The maximum atomic E-state index is 13.9. The van der Waals surface area contributed by atoms with Gasteiger partial charge in [-0.2, -0.15) is 0 Å². The Morgan fingerprint density at radius 1 is 1.00 bits per heavy atom. The largest absolute Gasteiger partial charge is 0.342 e. The molecule has 0 unspecified atom stereocenters. The van der Waals surface area contributed by atoms with E-state index >= 15 is 0 Å². The van der Waals surface area contributed by atoms with Gasteiger partial charge in [0.2, 0.25) is 5.91 Å². The Labute approximate surface area is 146 Å². The van der Waals surface area contributed by atoms with Crippen LogP contribution in [-0.4, -0.2) is 72.3 Å². The lowest BCUT2D eigenvalue weighted by Gasteiger charge is -2.35. The molecule has 2 heterocycles. The van der Waals surface area contributed by atoms with Crippen LogP contribution in [0.25, 0.3) is 0 Å². The molecule has 2 aliphatic heterocycles.